The van der Waals surface area contributed by atoms with E-state index < -0.39 is 10.0 Å². The van der Waals surface area contributed by atoms with Gasteiger partial charge in [-0.3, -0.25) is 4.79 Å². The lowest BCUT2D eigenvalue weighted by molar-refractivity contribution is -0.116. The molecule has 0 aliphatic carbocycles. The number of para-hydroxylation sites is 1. The molecule has 166 valence electrons. The number of fused-ring (bicyclic) bond motifs is 1. The van der Waals surface area contributed by atoms with Gasteiger partial charge >= 0.3 is 0 Å². The molecule has 0 fully saturated rings. The Balaban J connectivity index is 1.79. The number of aromatic nitrogens is 1. The average Bonchev–Trinajstić information content (AvgIpc) is 3.17. The van der Waals surface area contributed by atoms with Crippen LogP contribution in [0.2, 0.25) is 0 Å². The van der Waals surface area contributed by atoms with Crippen LogP contribution in [0.5, 0.6) is 5.75 Å². The SMILES string of the molecule is CCOc1ccc(S(=O)(=O)N(CC)CC)cc1NC(=O)CCc1c[nH]c2ccccc12. The number of ether oxygens (including phenoxy) is 1. The van der Waals surface area contributed by atoms with Gasteiger partial charge in [-0.05, 0) is 43.2 Å². The van der Waals surface area contributed by atoms with E-state index in [4.69, 9.17) is 4.74 Å². The molecule has 1 aromatic heterocycles. The summed E-state index contributed by atoms with van der Waals surface area (Å²) in [6.07, 6.45) is 2.75. The number of aromatic amines is 1. The van der Waals surface area contributed by atoms with Crippen molar-refractivity contribution in [1.29, 1.82) is 0 Å². The van der Waals surface area contributed by atoms with Crippen molar-refractivity contribution in [2.45, 2.75) is 38.5 Å². The van der Waals surface area contributed by atoms with Gasteiger partial charge in [0.05, 0.1) is 17.2 Å². The summed E-state index contributed by atoms with van der Waals surface area (Å²) in [5.41, 5.74) is 2.46. The summed E-state index contributed by atoms with van der Waals surface area (Å²) in [6.45, 7) is 6.58. The van der Waals surface area contributed by atoms with E-state index in [0.717, 1.165) is 16.5 Å². The zero-order valence-electron chi connectivity index (χ0n) is 18.1. The van der Waals surface area contributed by atoms with Gasteiger partial charge in [-0.2, -0.15) is 4.31 Å². The van der Waals surface area contributed by atoms with Gasteiger partial charge in [0.1, 0.15) is 5.75 Å². The van der Waals surface area contributed by atoms with Crippen molar-refractivity contribution in [3.05, 3.63) is 54.2 Å². The Morgan fingerprint density at radius 2 is 1.84 bits per heavy atom. The lowest BCUT2D eigenvalue weighted by Gasteiger charge is -2.20. The van der Waals surface area contributed by atoms with Crippen LogP contribution >= 0.6 is 0 Å². The predicted molar refractivity (Wildman–Crippen MR) is 123 cm³/mol. The summed E-state index contributed by atoms with van der Waals surface area (Å²) in [7, 11) is -3.64. The van der Waals surface area contributed by atoms with Gasteiger partial charge in [-0.15, -0.1) is 0 Å². The first-order valence-electron chi connectivity index (χ1n) is 10.5. The fourth-order valence-corrected chi connectivity index (χ4v) is 5.05. The van der Waals surface area contributed by atoms with E-state index in [2.05, 4.69) is 10.3 Å². The second-order valence-corrected chi connectivity index (χ2v) is 9.03. The third-order valence-corrected chi connectivity index (χ3v) is 7.21. The van der Waals surface area contributed by atoms with Crippen LogP contribution in [0, 0.1) is 0 Å². The Hall–Kier alpha value is -2.84. The number of amides is 1. The van der Waals surface area contributed by atoms with Crippen molar-refractivity contribution in [2.24, 2.45) is 0 Å². The Morgan fingerprint density at radius 3 is 2.55 bits per heavy atom. The number of hydrogen-bond acceptors (Lipinski definition) is 4. The van der Waals surface area contributed by atoms with Crippen LogP contribution in [-0.4, -0.2) is 43.3 Å². The summed E-state index contributed by atoms with van der Waals surface area (Å²) >= 11 is 0. The molecule has 0 saturated carbocycles. The summed E-state index contributed by atoms with van der Waals surface area (Å²) in [5.74, 6) is 0.241. The lowest BCUT2D eigenvalue weighted by Crippen LogP contribution is -2.30. The number of anilines is 1. The first-order chi connectivity index (χ1) is 14.9. The highest BCUT2D eigenvalue weighted by atomic mass is 32.2. The van der Waals surface area contributed by atoms with Crippen molar-refractivity contribution in [3.8, 4) is 5.75 Å². The molecule has 1 amide bonds. The highest BCUT2D eigenvalue weighted by molar-refractivity contribution is 7.89. The quantitative estimate of drug-likeness (QED) is 0.492. The number of hydrogen-bond donors (Lipinski definition) is 2. The van der Waals surface area contributed by atoms with E-state index in [-0.39, 0.29) is 17.2 Å². The number of nitrogens with zero attached hydrogens (tertiary/aromatic N) is 1. The molecule has 31 heavy (non-hydrogen) atoms. The smallest absolute Gasteiger partial charge is 0.243 e. The highest BCUT2D eigenvalue weighted by Crippen LogP contribution is 2.29. The molecular weight excluding hydrogens is 414 g/mol. The summed E-state index contributed by atoms with van der Waals surface area (Å²) in [5, 5.41) is 3.93. The number of H-pyrrole nitrogens is 1. The topological polar surface area (TPSA) is 91.5 Å². The van der Waals surface area contributed by atoms with Crippen LogP contribution in [0.4, 0.5) is 5.69 Å². The minimum atomic E-state index is -3.64. The van der Waals surface area contributed by atoms with Crippen molar-refractivity contribution in [2.75, 3.05) is 25.0 Å². The summed E-state index contributed by atoms with van der Waals surface area (Å²) in [4.78, 5) is 16.0. The number of rotatable bonds is 10. The number of carbonyl (C=O) groups is 1. The molecule has 0 aliphatic heterocycles. The molecule has 0 saturated heterocycles. The van der Waals surface area contributed by atoms with Crippen molar-refractivity contribution in [3.63, 3.8) is 0 Å². The van der Waals surface area contributed by atoms with Gasteiger partial charge in [0.25, 0.3) is 0 Å². The molecule has 0 atom stereocenters. The Kier molecular flexibility index (Phi) is 7.35. The van der Waals surface area contributed by atoms with Crippen molar-refractivity contribution < 1.29 is 17.9 Å². The van der Waals surface area contributed by atoms with E-state index in [1.54, 1.807) is 19.9 Å². The number of carbonyl (C=O) groups excluding carboxylic acids is 1. The molecule has 2 aromatic carbocycles. The fraction of sp³-hybridized carbons (Fsp3) is 0.348. The van der Waals surface area contributed by atoms with Gasteiger partial charge in [-0.25, -0.2) is 8.42 Å². The Morgan fingerprint density at radius 1 is 1.10 bits per heavy atom. The number of nitrogens with one attached hydrogen (secondary N) is 2. The monoisotopic (exact) mass is 443 g/mol. The van der Waals surface area contributed by atoms with Gasteiger partial charge in [0, 0.05) is 36.6 Å². The third-order valence-electron chi connectivity index (χ3n) is 5.16. The van der Waals surface area contributed by atoms with Gasteiger partial charge in [0.2, 0.25) is 15.9 Å². The molecule has 0 aliphatic rings. The van der Waals surface area contributed by atoms with E-state index in [9.17, 15) is 13.2 Å². The summed E-state index contributed by atoms with van der Waals surface area (Å²) in [6, 6.07) is 12.5. The minimum absolute atomic E-state index is 0.131. The maximum atomic E-state index is 12.9. The van der Waals surface area contributed by atoms with Crippen LogP contribution in [0.25, 0.3) is 10.9 Å². The minimum Gasteiger partial charge on any atom is -0.492 e. The molecule has 8 heteroatoms. The van der Waals surface area contributed by atoms with Crippen LogP contribution in [0.1, 0.15) is 32.8 Å². The van der Waals surface area contributed by atoms with E-state index in [1.165, 1.54) is 16.4 Å². The molecule has 3 rings (SSSR count). The standard InChI is InChI=1S/C23H29N3O4S/c1-4-26(5-2)31(28,29)18-12-13-22(30-6-3)21(15-18)25-23(27)14-11-17-16-24-20-10-8-7-9-19(17)20/h7-10,12-13,15-16,24H,4-6,11,14H2,1-3H3,(H,25,27). The Bertz CT molecular complexity index is 1150. The van der Waals surface area contributed by atoms with Crippen molar-refractivity contribution >= 4 is 32.5 Å². The largest absolute Gasteiger partial charge is 0.492 e. The van der Waals surface area contributed by atoms with Gasteiger partial charge in [-0.1, -0.05) is 32.0 Å². The van der Waals surface area contributed by atoms with Crippen molar-refractivity contribution in [1.82, 2.24) is 9.29 Å². The van der Waals surface area contributed by atoms with Crippen LogP contribution in [-0.2, 0) is 21.2 Å². The number of benzene rings is 2. The first kappa shape index (κ1) is 22.8. The molecule has 2 N–H and O–H groups in total. The molecule has 7 nitrogen and oxygen atoms in total. The first-order valence-corrected chi connectivity index (χ1v) is 12.0. The van der Waals surface area contributed by atoms with Gasteiger partial charge in [0.15, 0.2) is 0 Å². The van der Waals surface area contributed by atoms with E-state index in [0.29, 0.717) is 37.6 Å². The third kappa shape index (κ3) is 5.08. The van der Waals surface area contributed by atoms with E-state index >= 15 is 0 Å². The summed E-state index contributed by atoms with van der Waals surface area (Å²) < 4.78 is 32.7. The number of aryl methyl sites for hydroxylation is 1. The molecule has 1 heterocycles. The van der Waals surface area contributed by atoms with Crippen LogP contribution in [0.15, 0.2) is 53.6 Å². The van der Waals surface area contributed by atoms with Gasteiger partial charge < -0.3 is 15.0 Å². The zero-order valence-corrected chi connectivity index (χ0v) is 19.0. The molecule has 0 bridgehead atoms. The normalized spacial score (nSPS) is 11.7. The fourth-order valence-electron chi connectivity index (χ4n) is 3.56. The zero-order chi connectivity index (χ0) is 22.4. The molecule has 0 radical (unpaired) electrons. The molecule has 0 unspecified atom stereocenters. The molecule has 0 spiro atoms. The average molecular weight is 444 g/mol. The Labute approximate surface area is 183 Å². The van der Waals surface area contributed by atoms with E-state index in [1.807, 2.05) is 37.4 Å². The second-order valence-electron chi connectivity index (χ2n) is 7.09. The highest BCUT2D eigenvalue weighted by Gasteiger charge is 2.23. The maximum Gasteiger partial charge on any atom is 0.243 e. The number of sulfonamides is 1. The molecule has 3 aromatic rings. The lowest BCUT2D eigenvalue weighted by atomic mass is 10.1. The second kappa shape index (κ2) is 9.98. The molecular formula is C23H29N3O4S. The van der Waals surface area contributed by atoms with Crippen LogP contribution in [0.3, 0.4) is 0 Å². The van der Waals surface area contributed by atoms with Crippen LogP contribution < -0.4 is 10.1 Å². The predicted octanol–water partition coefficient (Wildman–Crippen LogP) is 4.17. The maximum absolute atomic E-state index is 12.9.